The van der Waals surface area contributed by atoms with Crippen LogP contribution < -0.4 is 0 Å². The second-order valence-corrected chi connectivity index (χ2v) is 6.51. The van der Waals surface area contributed by atoms with E-state index in [4.69, 9.17) is 21.1 Å². The van der Waals surface area contributed by atoms with Gasteiger partial charge in [-0.3, -0.25) is 4.90 Å². The lowest BCUT2D eigenvalue weighted by Crippen LogP contribution is -2.26. The van der Waals surface area contributed by atoms with E-state index in [0.29, 0.717) is 23.2 Å². The van der Waals surface area contributed by atoms with Crippen molar-refractivity contribution in [2.75, 3.05) is 7.05 Å². The van der Waals surface area contributed by atoms with Crippen molar-refractivity contribution in [1.82, 2.24) is 29.4 Å². The van der Waals surface area contributed by atoms with Crippen LogP contribution in [-0.2, 0) is 6.67 Å². The largest absolute Gasteiger partial charge is 0.459 e. The molecule has 1 atom stereocenters. The van der Waals surface area contributed by atoms with E-state index in [2.05, 4.69) is 39.1 Å². The van der Waals surface area contributed by atoms with Crippen molar-refractivity contribution in [3.05, 3.63) is 65.7 Å². The van der Waals surface area contributed by atoms with E-state index in [0.717, 1.165) is 5.69 Å². The minimum absolute atomic E-state index is 0.153. The van der Waals surface area contributed by atoms with E-state index in [1.54, 1.807) is 34.1 Å². The van der Waals surface area contributed by atoms with Crippen LogP contribution in [0.25, 0.3) is 17.3 Å². The fraction of sp³-hybridized carbons (Fsp3) is 0.222. The van der Waals surface area contributed by atoms with Crippen LogP contribution in [0.1, 0.15) is 18.5 Å². The first-order chi connectivity index (χ1) is 13.1. The molecule has 0 saturated carbocycles. The summed E-state index contributed by atoms with van der Waals surface area (Å²) in [6, 6.07) is 11.9. The SMILES string of the molecule is C[C@H](c1ccc(-n2cncn2)cc1)N(C)Cn1nc(-c2ccco2)oc1=S. The molecule has 4 aromatic rings. The molecular formula is C18H18N6O2S. The number of furan rings is 1. The first-order valence-electron chi connectivity index (χ1n) is 8.39. The summed E-state index contributed by atoms with van der Waals surface area (Å²) in [6.45, 7) is 2.62. The summed E-state index contributed by atoms with van der Waals surface area (Å²) in [5.74, 6) is 0.933. The summed E-state index contributed by atoms with van der Waals surface area (Å²) in [5.41, 5.74) is 2.13. The summed E-state index contributed by atoms with van der Waals surface area (Å²) in [5, 5.41) is 8.55. The van der Waals surface area contributed by atoms with Gasteiger partial charge in [-0.25, -0.2) is 14.3 Å². The van der Waals surface area contributed by atoms with E-state index in [1.807, 2.05) is 19.2 Å². The molecule has 138 valence electrons. The van der Waals surface area contributed by atoms with Gasteiger partial charge in [-0.15, -0.1) is 5.10 Å². The highest BCUT2D eigenvalue weighted by Crippen LogP contribution is 2.22. The Kier molecular flexibility index (Phi) is 4.69. The second kappa shape index (κ2) is 7.29. The molecule has 0 radical (unpaired) electrons. The summed E-state index contributed by atoms with van der Waals surface area (Å²) in [7, 11) is 2.01. The lowest BCUT2D eigenvalue weighted by atomic mass is 10.1. The van der Waals surface area contributed by atoms with Crippen LogP contribution in [0.15, 0.2) is 64.2 Å². The standard InChI is InChI=1S/C18H18N6O2S/c1-13(14-5-7-15(8-6-14)23-11-19-10-20-23)22(2)12-24-18(27)26-17(21-24)16-4-3-9-25-16/h3-11,13H,12H2,1-2H3/t13-/m1/s1. The van der Waals surface area contributed by atoms with Crippen molar-refractivity contribution in [2.45, 2.75) is 19.6 Å². The zero-order valence-corrected chi connectivity index (χ0v) is 15.7. The van der Waals surface area contributed by atoms with Crippen molar-refractivity contribution in [3.63, 3.8) is 0 Å². The van der Waals surface area contributed by atoms with Gasteiger partial charge in [0.1, 0.15) is 12.7 Å². The number of benzene rings is 1. The third-order valence-corrected chi connectivity index (χ3v) is 4.71. The topological polar surface area (TPSA) is 78.0 Å². The molecule has 0 bridgehead atoms. The molecule has 4 rings (SSSR count). The summed E-state index contributed by atoms with van der Waals surface area (Å²) < 4.78 is 14.2. The highest BCUT2D eigenvalue weighted by Gasteiger charge is 2.16. The molecule has 1 aromatic carbocycles. The van der Waals surface area contributed by atoms with Gasteiger partial charge in [-0.2, -0.15) is 5.10 Å². The Labute approximate surface area is 160 Å². The summed E-state index contributed by atoms with van der Waals surface area (Å²) in [6.07, 6.45) is 4.76. The van der Waals surface area contributed by atoms with Gasteiger partial charge in [0, 0.05) is 6.04 Å². The first kappa shape index (κ1) is 17.4. The maximum atomic E-state index is 5.53. The van der Waals surface area contributed by atoms with Crippen LogP contribution >= 0.6 is 12.2 Å². The molecule has 0 aliphatic rings. The predicted molar refractivity (Wildman–Crippen MR) is 101 cm³/mol. The molecule has 3 aromatic heterocycles. The van der Waals surface area contributed by atoms with Gasteiger partial charge in [0.05, 0.1) is 18.6 Å². The van der Waals surface area contributed by atoms with E-state index in [9.17, 15) is 0 Å². The van der Waals surface area contributed by atoms with Gasteiger partial charge in [-0.1, -0.05) is 12.1 Å². The molecule has 0 aliphatic heterocycles. The van der Waals surface area contributed by atoms with E-state index in [1.165, 1.54) is 11.9 Å². The Morgan fingerprint density at radius 3 is 2.70 bits per heavy atom. The van der Waals surface area contributed by atoms with Gasteiger partial charge in [0.15, 0.2) is 5.76 Å². The maximum Gasteiger partial charge on any atom is 0.288 e. The van der Waals surface area contributed by atoms with Gasteiger partial charge in [0.25, 0.3) is 10.7 Å². The smallest absolute Gasteiger partial charge is 0.288 e. The number of hydrogen-bond donors (Lipinski definition) is 0. The predicted octanol–water partition coefficient (Wildman–Crippen LogP) is 3.70. The molecule has 0 spiro atoms. The number of hydrogen-bond acceptors (Lipinski definition) is 7. The molecule has 0 fully saturated rings. The Hall–Kier alpha value is -3.04. The van der Waals surface area contributed by atoms with Crippen LogP contribution in [-0.4, -0.2) is 36.5 Å². The fourth-order valence-electron chi connectivity index (χ4n) is 2.73. The molecular weight excluding hydrogens is 364 g/mol. The summed E-state index contributed by atoms with van der Waals surface area (Å²) >= 11 is 5.28. The fourth-order valence-corrected chi connectivity index (χ4v) is 2.91. The molecule has 3 heterocycles. The van der Waals surface area contributed by atoms with Crippen molar-refractivity contribution in [1.29, 1.82) is 0 Å². The van der Waals surface area contributed by atoms with Gasteiger partial charge in [0.2, 0.25) is 0 Å². The molecule has 9 heteroatoms. The van der Waals surface area contributed by atoms with Crippen LogP contribution in [0.3, 0.4) is 0 Å². The normalized spacial score (nSPS) is 12.6. The highest BCUT2D eigenvalue weighted by atomic mass is 32.1. The van der Waals surface area contributed by atoms with Crippen molar-refractivity contribution in [2.24, 2.45) is 0 Å². The average Bonchev–Trinajstić information content (AvgIpc) is 3.44. The van der Waals surface area contributed by atoms with Gasteiger partial charge >= 0.3 is 0 Å². The number of aromatic nitrogens is 5. The number of nitrogens with zero attached hydrogens (tertiary/aromatic N) is 6. The van der Waals surface area contributed by atoms with Crippen molar-refractivity contribution < 1.29 is 8.83 Å². The Morgan fingerprint density at radius 2 is 2.04 bits per heavy atom. The summed E-state index contributed by atoms with van der Waals surface area (Å²) in [4.78, 5) is 6.41. The number of rotatable bonds is 6. The molecule has 27 heavy (non-hydrogen) atoms. The zero-order valence-electron chi connectivity index (χ0n) is 14.9. The lowest BCUT2D eigenvalue weighted by molar-refractivity contribution is 0.192. The van der Waals surface area contributed by atoms with Crippen LogP contribution in [0.4, 0.5) is 0 Å². The molecule has 0 unspecified atom stereocenters. The second-order valence-electron chi connectivity index (χ2n) is 6.16. The van der Waals surface area contributed by atoms with Gasteiger partial charge < -0.3 is 8.83 Å². The Morgan fingerprint density at radius 1 is 1.22 bits per heavy atom. The molecule has 0 amide bonds. The monoisotopic (exact) mass is 382 g/mol. The molecule has 0 saturated heterocycles. The molecule has 0 N–H and O–H groups in total. The third-order valence-electron chi connectivity index (χ3n) is 4.42. The molecule has 0 aliphatic carbocycles. The first-order valence-corrected chi connectivity index (χ1v) is 8.79. The van der Waals surface area contributed by atoms with Crippen molar-refractivity contribution in [3.8, 4) is 17.3 Å². The third kappa shape index (κ3) is 3.60. The van der Waals surface area contributed by atoms with E-state index < -0.39 is 0 Å². The van der Waals surface area contributed by atoms with Gasteiger partial charge in [-0.05, 0) is 56.0 Å². The van der Waals surface area contributed by atoms with E-state index >= 15 is 0 Å². The van der Waals surface area contributed by atoms with Crippen LogP contribution in [0, 0.1) is 4.84 Å². The van der Waals surface area contributed by atoms with E-state index in [-0.39, 0.29) is 6.04 Å². The Balaban J connectivity index is 1.48. The highest BCUT2D eigenvalue weighted by molar-refractivity contribution is 7.71. The van der Waals surface area contributed by atoms with Crippen molar-refractivity contribution >= 4 is 12.2 Å². The minimum Gasteiger partial charge on any atom is -0.459 e. The quantitative estimate of drug-likeness (QED) is 0.471. The maximum absolute atomic E-state index is 5.53. The molecule has 8 nitrogen and oxygen atoms in total. The van der Waals surface area contributed by atoms with Crippen LogP contribution in [0.5, 0.6) is 0 Å². The average molecular weight is 382 g/mol. The van der Waals surface area contributed by atoms with Crippen LogP contribution in [0.2, 0.25) is 0 Å². The minimum atomic E-state index is 0.153. The lowest BCUT2D eigenvalue weighted by Gasteiger charge is -2.24. The zero-order chi connectivity index (χ0) is 18.8. The Bertz CT molecular complexity index is 1050.